The third kappa shape index (κ3) is 4.21. The van der Waals surface area contributed by atoms with E-state index in [0.717, 1.165) is 5.56 Å². The Morgan fingerprint density at radius 1 is 1.28 bits per heavy atom. The van der Waals surface area contributed by atoms with Gasteiger partial charge in [0, 0.05) is 28.1 Å². The van der Waals surface area contributed by atoms with Crippen molar-refractivity contribution in [3.8, 4) is 0 Å². The number of carbonyl (C=O) groups is 1. The topological polar surface area (TPSA) is 69.7 Å². The summed E-state index contributed by atoms with van der Waals surface area (Å²) in [6, 6.07) is 8.07. The second-order valence-electron chi connectivity index (χ2n) is 5.27. The van der Waals surface area contributed by atoms with E-state index in [1.165, 1.54) is 18.2 Å². The van der Waals surface area contributed by atoms with Crippen molar-refractivity contribution in [2.24, 2.45) is 0 Å². The molecule has 0 unspecified atom stereocenters. The molecule has 0 spiro atoms. The van der Waals surface area contributed by atoms with Crippen molar-refractivity contribution in [3.63, 3.8) is 0 Å². The van der Waals surface area contributed by atoms with Crippen LogP contribution in [0.3, 0.4) is 0 Å². The first-order chi connectivity index (χ1) is 11.9. The SMILES string of the molecule is Cc1cc2oc(=O)cc(COC(=O)/C=C/c3ccc(Br)o3)c2cc1Cl. The molecule has 5 nitrogen and oxygen atoms in total. The van der Waals surface area contributed by atoms with E-state index < -0.39 is 11.6 Å². The van der Waals surface area contributed by atoms with Crippen LogP contribution >= 0.6 is 27.5 Å². The first kappa shape index (κ1) is 17.5. The summed E-state index contributed by atoms with van der Waals surface area (Å²) in [7, 11) is 0. The molecule has 3 rings (SSSR count). The van der Waals surface area contributed by atoms with Gasteiger partial charge in [0.2, 0.25) is 0 Å². The lowest BCUT2D eigenvalue weighted by Crippen LogP contribution is -2.05. The molecule has 128 valence electrons. The van der Waals surface area contributed by atoms with E-state index in [1.54, 1.807) is 24.3 Å². The molecule has 0 aliphatic rings. The van der Waals surface area contributed by atoms with Gasteiger partial charge in [-0.1, -0.05) is 11.6 Å². The van der Waals surface area contributed by atoms with Crippen molar-refractivity contribution < 1.29 is 18.4 Å². The fraction of sp³-hybridized carbons (Fsp3) is 0.111. The minimum atomic E-state index is -0.563. The molecular weight excluding hydrogens is 412 g/mol. The van der Waals surface area contributed by atoms with Crippen LogP contribution in [0.15, 0.2) is 54.7 Å². The molecule has 0 amide bonds. The van der Waals surface area contributed by atoms with E-state index in [1.807, 2.05) is 6.92 Å². The molecule has 0 saturated carbocycles. The van der Waals surface area contributed by atoms with E-state index in [-0.39, 0.29) is 6.61 Å². The van der Waals surface area contributed by atoms with Gasteiger partial charge in [-0.3, -0.25) is 0 Å². The Hall–Kier alpha value is -2.31. The zero-order valence-corrected chi connectivity index (χ0v) is 15.4. The van der Waals surface area contributed by atoms with Crippen molar-refractivity contribution in [2.45, 2.75) is 13.5 Å². The normalized spacial score (nSPS) is 11.3. The number of hydrogen-bond acceptors (Lipinski definition) is 5. The van der Waals surface area contributed by atoms with E-state index in [4.69, 9.17) is 25.2 Å². The molecule has 0 fully saturated rings. The quantitative estimate of drug-likeness (QED) is 0.340. The molecule has 2 heterocycles. The Kier molecular flexibility index (Phi) is 5.11. The summed E-state index contributed by atoms with van der Waals surface area (Å²) in [4.78, 5) is 23.5. The van der Waals surface area contributed by atoms with Gasteiger partial charge >= 0.3 is 11.6 Å². The fourth-order valence-corrected chi connectivity index (χ4v) is 2.72. The molecule has 0 aliphatic carbocycles. The highest BCUT2D eigenvalue weighted by Crippen LogP contribution is 2.25. The second kappa shape index (κ2) is 7.29. The van der Waals surface area contributed by atoms with Gasteiger partial charge in [-0.15, -0.1) is 0 Å². The summed E-state index contributed by atoms with van der Waals surface area (Å²) in [5, 5.41) is 1.17. The fourth-order valence-electron chi connectivity index (χ4n) is 2.23. The summed E-state index contributed by atoms with van der Waals surface area (Å²) in [5.74, 6) is -0.0518. The summed E-state index contributed by atoms with van der Waals surface area (Å²) in [6.07, 6.45) is 2.74. The van der Waals surface area contributed by atoms with E-state index in [9.17, 15) is 9.59 Å². The maximum absolute atomic E-state index is 11.8. The molecule has 0 aliphatic heterocycles. The van der Waals surface area contributed by atoms with Gasteiger partial charge in [0.05, 0.1) is 0 Å². The van der Waals surface area contributed by atoms with Crippen LogP contribution in [0.1, 0.15) is 16.9 Å². The molecule has 0 atom stereocenters. The Labute approximate surface area is 156 Å². The third-order valence-corrected chi connectivity index (χ3v) is 4.29. The third-order valence-electron chi connectivity index (χ3n) is 3.46. The average Bonchev–Trinajstić information content (AvgIpc) is 2.98. The van der Waals surface area contributed by atoms with Gasteiger partial charge in [-0.2, -0.15) is 0 Å². The summed E-state index contributed by atoms with van der Waals surface area (Å²) >= 11 is 9.30. The molecule has 0 bridgehead atoms. The second-order valence-corrected chi connectivity index (χ2v) is 6.46. The van der Waals surface area contributed by atoms with Crippen molar-refractivity contribution >= 4 is 50.5 Å². The van der Waals surface area contributed by atoms with E-state index in [2.05, 4.69) is 15.9 Å². The smallest absolute Gasteiger partial charge is 0.336 e. The molecule has 3 aromatic rings. The standard InChI is InChI=1S/C18H12BrClO5/c1-10-6-15-13(8-14(10)20)11(7-18(22)25-15)9-23-17(21)5-3-12-2-4-16(19)24-12/h2-8H,9H2,1H3/b5-3+. The molecular formula is C18H12BrClO5. The molecule has 1 aromatic carbocycles. The number of halogens is 2. The number of fused-ring (bicyclic) bond motifs is 1. The average molecular weight is 424 g/mol. The number of aryl methyl sites for hydroxylation is 1. The minimum Gasteiger partial charge on any atom is -0.458 e. The van der Waals surface area contributed by atoms with Crippen molar-refractivity contribution in [1.29, 1.82) is 0 Å². The molecule has 0 radical (unpaired) electrons. The van der Waals surface area contributed by atoms with Crippen molar-refractivity contribution in [2.75, 3.05) is 0 Å². The lowest BCUT2D eigenvalue weighted by atomic mass is 10.1. The largest absolute Gasteiger partial charge is 0.458 e. The highest BCUT2D eigenvalue weighted by Gasteiger charge is 2.10. The highest BCUT2D eigenvalue weighted by molar-refractivity contribution is 9.10. The van der Waals surface area contributed by atoms with Crippen molar-refractivity contribution in [3.05, 3.63) is 73.4 Å². The zero-order chi connectivity index (χ0) is 18.0. The zero-order valence-electron chi connectivity index (χ0n) is 13.0. The molecule has 0 saturated heterocycles. The van der Waals surface area contributed by atoms with Crippen LogP contribution in [0.5, 0.6) is 0 Å². The van der Waals surface area contributed by atoms with Gasteiger partial charge in [-0.25, -0.2) is 9.59 Å². The molecule has 0 N–H and O–H groups in total. The highest BCUT2D eigenvalue weighted by atomic mass is 79.9. The number of rotatable bonds is 4. The van der Waals surface area contributed by atoms with Crippen LogP contribution in [-0.4, -0.2) is 5.97 Å². The maximum atomic E-state index is 11.8. The lowest BCUT2D eigenvalue weighted by Gasteiger charge is -2.07. The Bertz CT molecular complexity index is 1030. The van der Waals surface area contributed by atoms with E-state index in [0.29, 0.717) is 32.0 Å². The van der Waals surface area contributed by atoms with Gasteiger partial charge < -0.3 is 13.6 Å². The number of esters is 1. The number of furan rings is 1. The van der Waals surface area contributed by atoms with Crippen LogP contribution < -0.4 is 5.63 Å². The lowest BCUT2D eigenvalue weighted by molar-refractivity contribution is -0.138. The Morgan fingerprint density at radius 2 is 2.08 bits per heavy atom. The Balaban J connectivity index is 1.78. The summed E-state index contributed by atoms with van der Waals surface area (Å²) in [5.41, 5.74) is 1.20. The van der Waals surface area contributed by atoms with Crippen LogP contribution in [0.4, 0.5) is 0 Å². The molecule has 2 aromatic heterocycles. The Morgan fingerprint density at radius 3 is 2.80 bits per heavy atom. The number of hydrogen-bond donors (Lipinski definition) is 0. The van der Waals surface area contributed by atoms with Crippen LogP contribution in [0.25, 0.3) is 17.0 Å². The van der Waals surface area contributed by atoms with Gasteiger partial charge in [0.25, 0.3) is 0 Å². The van der Waals surface area contributed by atoms with Crippen LogP contribution in [-0.2, 0) is 16.1 Å². The predicted molar refractivity (Wildman–Crippen MR) is 97.5 cm³/mol. The van der Waals surface area contributed by atoms with Crippen molar-refractivity contribution in [1.82, 2.24) is 0 Å². The molecule has 7 heteroatoms. The minimum absolute atomic E-state index is 0.0769. The summed E-state index contributed by atoms with van der Waals surface area (Å²) in [6.45, 7) is 1.73. The number of benzene rings is 1. The van der Waals surface area contributed by atoms with Gasteiger partial charge in [-0.05, 0) is 58.8 Å². The monoisotopic (exact) mass is 422 g/mol. The first-order valence-electron chi connectivity index (χ1n) is 7.25. The summed E-state index contributed by atoms with van der Waals surface area (Å²) < 4.78 is 16.2. The molecule has 25 heavy (non-hydrogen) atoms. The number of carbonyl (C=O) groups excluding carboxylic acids is 1. The van der Waals surface area contributed by atoms with Crippen LogP contribution in [0.2, 0.25) is 5.02 Å². The van der Waals surface area contributed by atoms with Crippen LogP contribution in [0, 0.1) is 6.92 Å². The van der Waals surface area contributed by atoms with Gasteiger partial charge in [0.15, 0.2) is 4.67 Å². The predicted octanol–water partition coefficient (Wildman–Crippen LogP) is 4.87. The van der Waals surface area contributed by atoms with Gasteiger partial charge in [0.1, 0.15) is 18.0 Å². The first-order valence-corrected chi connectivity index (χ1v) is 8.42. The van der Waals surface area contributed by atoms with E-state index >= 15 is 0 Å². The number of ether oxygens (including phenoxy) is 1. The maximum Gasteiger partial charge on any atom is 0.336 e.